The topological polar surface area (TPSA) is 154 Å². The van der Waals surface area contributed by atoms with E-state index in [4.69, 9.17) is 10.8 Å². The van der Waals surface area contributed by atoms with Gasteiger partial charge in [0.25, 0.3) is 5.91 Å². The maximum Gasteiger partial charge on any atom is 0.352 e. The number of amides is 2. The van der Waals surface area contributed by atoms with Gasteiger partial charge in [0.1, 0.15) is 29.7 Å². The Balaban J connectivity index is 1.30. The van der Waals surface area contributed by atoms with Crippen LogP contribution >= 0.6 is 57.9 Å². The molecule has 40 heavy (non-hydrogen) atoms. The average Bonchev–Trinajstić information content (AvgIpc) is 2.93. The van der Waals surface area contributed by atoms with Gasteiger partial charge in [0, 0.05) is 43.4 Å². The summed E-state index contributed by atoms with van der Waals surface area (Å²) in [6.07, 6.45) is 4.79. The van der Waals surface area contributed by atoms with Crippen molar-refractivity contribution in [2.45, 2.75) is 46.6 Å². The smallest absolute Gasteiger partial charge is 0.352 e. The Kier molecular flexibility index (Phi) is 10.8. The molecule has 0 radical (unpaired) electrons. The number of nitrogens with two attached hydrogens (primary N) is 1. The van der Waals surface area contributed by atoms with E-state index in [1.165, 1.54) is 40.2 Å². The third-order valence-corrected chi connectivity index (χ3v) is 10.4. The lowest BCUT2D eigenvalue weighted by atomic mass is 10.0. The Hall–Kier alpha value is -2.27. The first-order valence-electron chi connectivity index (χ1n) is 12.3. The van der Waals surface area contributed by atoms with Gasteiger partial charge >= 0.3 is 11.9 Å². The Morgan fingerprint density at radius 2 is 1.93 bits per heavy atom. The van der Waals surface area contributed by atoms with Crippen molar-refractivity contribution in [1.82, 2.24) is 10.2 Å². The van der Waals surface area contributed by atoms with E-state index in [0.29, 0.717) is 36.5 Å². The number of nitrogens with zero attached hydrogens (tertiary/aromatic N) is 2. The maximum atomic E-state index is 12.9. The number of aliphatic carboxylic acids is 2. The van der Waals surface area contributed by atoms with Gasteiger partial charge in [-0.15, -0.1) is 35.3 Å². The molecule has 2 aliphatic rings. The van der Waals surface area contributed by atoms with Crippen molar-refractivity contribution in [3.05, 3.63) is 63.6 Å². The molecule has 0 spiro atoms. The quantitative estimate of drug-likeness (QED) is 0.105. The number of carboxylic acid groups (broad SMARTS) is 2. The number of β-lactam (4-membered cyclic amide) rings is 1. The SMILES string of the molecule is N[C@H](CCC[n+]1ccc(SCC2=C(C(=O)O)N3C(=O)[C@@H](NC(=O)CSc4cccc(I)c4)[C@H]3SC2)cc1)C(=O)O. The van der Waals surface area contributed by atoms with E-state index in [1.54, 1.807) is 0 Å². The Labute approximate surface area is 257 Å². The molecule has 0 bridgehead atoms. The molecule has 1 fully saturated rings. The first-order valence-corrected chi connectivity index (χ1v) is 16.4. The number of rotatable bonds is 13. The number of halogens is 1. The summed E-state index contributed by atoms with van der Waals surface area (Å²) in [6, 6.07) is 10.00. The van der Waals surface area contributed by atoms with Crippen LogP contribution in [0, 0.1) is 3.57 Å². The second kappa shape index (κ2) is 14.1. The molecular weight excluding hydrogens is 687 g/mol. The zero-order valence-electron chi connectivity index (χ0n) is 21.2. The van der Waals surface area contributed by atoms with Crippen LogP contribution in [-0.4, -0.2) is 73.6 Å². The number of carboxylic acids is 2. The van der Waals surface area contributed by atoms with E-state index < -0.39 is 35.3 Å². The van der Waals surface area contributed by atoms with Crippen LogP contribution in [0.4, 0.5) is 0 Å². The fourth-order valence-electron chi connectivity index (χ4n) is 4.19. The summed E-state index contributed by atoms with van der Waals surface area (Å²) in [4.78, 5) is 51.6. The molecule has 14 heteroatoms. The van der Waals surface area contributed by atoms with Crippen LogP contribution in [0.5, 0.6) is 0 Å². The summed E-state index contributed by atoms with van der Waals surface area (Å²) in [5.41, 5.74) is 6.20. The van der Waals surface area contributed by atoms with Crippen molar-refractivity contribution in [3.8, 4) is 0 Å². The third kappa shape index (κ3) is 7.72. The van der Waals surface area contributed by atoms with Crippen molar-refractivity contribution < 1.29 is 34.0 Å². The van der Waals surface area contributed by atoms with Gasteiger partial charge in [0.15, 0.2) is 12.4 Å². The molecule has 3 heterocycles. The van der Waals surface area contributed by atoms with Gasteiger partial charge in [-0.25, -0.2) is 9.36 Å². The standard InChI is InChI=1S/C26H27IN4O6S3/c27-16-3-1-4-18(11-16)39-14-20(32)29-21-23(33)31-22(26(36)37)15(13-40-24(21)31)12-38-17-6-9-30(10-7-17)8-2-5-19(28)25(34)35/h1,3-4,6-7,9-11,19,21,24H,2,5,8,12-14,28H2,(H2-,29,32,34,35,36,37)/p+1/t19-,21-,24-/m1/s1. The number of thioether (sulfide) groups is 3. The number of pyridine rings is 1. The van der Waals surface area contributed by atoms with Crippen molar-refractivity contribution in [3.63, 3.8) is 0 Å². The van der Waals surface area contributed by atoms with E-state index in [1.807, 2.05) is 53.4 Å². The van der Waals surface area contributed by atoms with Gasteiger partial charge in [-0.2, -0.15) is 0 Å². The third-order valence-electron chi connectivity index (χ3n) is 6.25. The molecule has 0 unspecified atom stereocenters. The maximum absolute atomic E-state index is 12.9. The summed E-state index contributed by atoms with van der Waals surface area (Å²) in [5, 5.41) is 21.1. The van der Waals surface area contributed by atoms with Crippen molar-refractivity contribution in [2.24, 2.45) is 5.73 Å². The van der Waals surface area contributed by atoms with E-state index in [0.717, 1.165) is 13.4 Å². The van der Waals surface area contributed by atoms with Gasteiger partial charge < -0.3 is 21.3 Å². The van der Waals surface area contributed by atoms with Crippen LogP contribution in [0.15, 0.2) is 69.9 Å². The van der Waals surface area contributed by atoms with Crippen LogP contribution in [-0.2, 0) is 25.7 Å². The molecule has 2 aliphatic heterocycles. The van der Waals surface area contributed by atoms with Gasteiger partial charge in [0.2, 0.25) is 5.91 Å². The highest BCUT2D eigenvalue weighted by molar-refractivity contribution is 14.1. The summed E-state index contributed by atoms with van der Waals surface area (Å²) in [5.74, 6) is -1.82. The summed E-state index contributed by atoms with van der Waals surface area (Å²) in [6.45, 7) is 0.636. The monoisotopic (exact) mass is 715 g/mol. The predicted octanol–water partition coefficient (Wildman–Crippen LogP) is 2.39. The second-order valence-corrected chi connectivity index (χ2v) is 13.6. The lowest BCUT2D eigenvalue weighted by Gasteiger charge is -2.49. The highest BCUT2D eigenvalue weighted by Gasteiger charge is 2.54. The second-order valence-electron chi connectivity index (χ2n) is 9.11. The average molecular weight is 716 g/mol. The molecule has 212 valence electrons. The highest BCUT2D eigenvalue weighted by Crippen LogP contribution is 2.41. The minimum atomic E-state index is -1.15. The molecule has 1 aromatic heterocycles. The lowest BCUT2D eigenvalue weighted by Crippen LogP contribution is -2.70. The van der Waals surface area contributed by atoms with Crippen LogP contribution < -0.4 is 15.6 Å². The number of carbonyl (C=O) groups is 4. The van der Waals surface area contributed by atoms with Crippen LogP contribution in [0.25, 0.3) is 0 Å². The van der Waals surface area contributed by atoms with Crippen molar-refractivity contribution in [1.29, 1.82) is 0 Å². The van der Waals surface area contributed by atoms with Crippen LogP contribution in [0.2, 0.25) is 0 Å². The largest absolute Gasteiger partial charge is 0.480 e. The number of aryl methyl sites for hydroxylation is 1. The molecule has 4 rings (SSSR count). The molecule has 10 nitrogen and oxygen atoms in total. The van der Waals surface area contributed by atoms with Crippen LogP contribution in [0.1, 0.15) is 12.8 Å². The van der Waals surface area contributed by atoms with Gasteiger partial charge in [-0.3, -0.25) is 19.3 Å². The number of hydrogen-bond acceptors (Lipinski definition) is 8. The number of carbonyl (C=O) groups excluding carboxylic acids is 2. The summed E-state index contributed by atoms with van der Waals surface area (Å²) < 4.78 is 3.01. The molecular formula is C26H28IN4O6S3+. The molecule has 1 aromatic carbocycles. The zero-order chi connectivity index (χ0) is 28.8. The molecule has 5 N–H and O–H groups in total. The normalized spacial score (nSPS) is 19.1. The van der Waals surface area contributed by atoms with Gasteiger partial charge in [0.05, 0.1) is 5.75 Å². The Bertz CT molecular complexity index is 1330. The van der Waals surface area contributed by atoms with E-state index in [9.17, 15) is 24.3 Å². The molecule has 0 aliphatic carbocycles. The van der Waals surface area contributed by atoms with Gasteiger partial charge in [-0.05, 0) is 52.8 Å². The minimum Gasteiger partial charge on any atom is -0.480 e. The molecule has 3 atom stereocenters. The zero-order valence-corrected chi connectivity index (χ0v) is 25.8. The number of nitrogens with one attached hydrogen (secondary N) is 1. The van der Waals surface area contributed by atoms with Crippen molar-refractivity contribution in [2.75, 3.05) is 17.3 Å². The van der Waals surface area contributed by atoms with E-state index in [-0.39, 0.29) is 17.4 Å². The van der Waals surface area contributed by atoms with Crippen molar-refractivity contribution >= 4 is 81.6 Å². The highest BCUT2D eigenvalue weighted by atomic mass is 127. The van der Waals surface area contributed by atoms with E-state index in [2.05, 4.69) is 27.9 Å². The molecule has 1 saturated heterocycles. The fourth-order valence-corrected chi connectivity index (χ4v) is 8.08. The van der Waals surface area contributed by atoms with Crippen LogP contribution in [0.3, 0.4) is 0 Å². The summed E-state index contributed by atoms with van der Waals surface area (Å²) >= 11 is 6.52. The first-order chi connectivity index (χ1) is 19.1. The van der Waals surface area contributed by atoms with Gasteiger partial charge in [-0.1, -0.05) is 6.07 Å². The molecule has 2 aromatic rings. The van der Waals surface area contributed by atoms with E-state index >= 15 is 0 Å². The fraction of sp³-hybridized carbons (Fsp3) is 0.346. The number of fused-ring (bicyclic) bond motifs is 1. The Morgan fingerprint density at radius 1 is 1.18 bits per heavy atom. The predicted molar refractivity (Wildman–Crippen MR) is 162 cm³/mol. The minimum absolute atomic E-state index is 0.000694. The molecule has 0 saturated carbocycles. The number of aromatic nitrogens is 1. The first kappa shape index (κ1) is 30.7. The Morgan fingerprint density at radius 3 is 2.60 bits per heavy atom. The molecule has 2 amide bonds. The summed E-state index contributed by atoms with van der Waals surface area (Å²) in [7, 11) is 0. The lowest BCUT2D eigenvalue weighted by molar-refractivity contribution is -0.697. The number of hydrogen-bond donors (Lipinski definition) is 4. The number of benzene rings is 1.